The second-order valence-electron chi connectivity index (χ2n) is 7.24. The van der Waals surface area contributed by atoms with Gasteiger partial charge in [0.25, 0.3) is 5.91 Å². The molecule has 1 aromatic carbocycles. The first-order valence-corrected chi connectivity index (χ1v) is 10.0. The topological polar surface area (TPSA) is 124 Å². The molecular formula is C19H25N5O5S. The summed E-state index contributed by atoms with van der Waals surface area (Å²) in [5.74, 6) is -0.175. The van der Waals surface area contributed by atoms with Gasteiger partial charge in [0.15, 0.2) is 11.8 Å². The Labute approximate surface area is 178 Å². The van der Waals surface area contributed by atoms with E-state index in [4.69, 9.17) is 9.47 Å². The summed E-state index contributed by atoms with van der Waals surface area (Å²) in [5, 5.41) is 13.3. The highest BCUT2D eigenvalue weighted by molar-refractivity contribution is 7.99. The van der Waals surface area contributed by atoms with Gasteiger partial charge >= 0.3 is 12.0 Å². The van der Waals surface area contributed by atoms with Crippen LogP contribution in [0.2, 0.25) is 0 Å². The van der Waals surface area contributed by atoms with Gasteiger partial charge in [-0.3, -0.25) is 19.5 Å². The van der Waals surface area contributed by atoms with Gasteiger partial charge < -0.3 is 14.8 Å². The number of rotatable bonds is 7. The minimum absolute atomic E-state index is 0.0885. The number of nitrogens with zero attached hydrogens (tertiary/aromatic N) is 3. The van der Waals surface area contributed by atoms with E-state index < -0.39 is 30.1 Å². The smallest absolute Gasteiger partial charge is 0.321 e. The first kappa shape index (κ1) is 23.2. The largest absolute Gasteiger partial charge is 0.495 e. The summed E-state index contributed by atoms with van der Waals surface area (Å²) in [7, 11) is 1.56. The van der Waals surface area contributed by atoms with E-state index in [1.165, 1.54) is 0 Å². The Bertz CT molecular complexity index is 922. The molecule has 0 aliphatic heterocycles. The van der Waals surface area contributed by atoms with Crippen molar-refractivity contribution in [3.63, 3.8) is 0 Å². The van der Waals surface area contributed by atoms with E-state index in [1.54, 1.807) is 39.4 Å². The Balaban J connectivity index is 1.90. The van der Waals surface area contributed by atoms with Gasteiger partial charge in [0.05, 0.1) is 18.6 Å². The van der Waals surface area contributed by atoms with Crippen LogP contribution >= 0.6 is 11.8 Å². The molecular weight excluding hydrogens is 410 g/mol. The molecule has 0 aliphatic carbocycles. The van der Waals surface area contributed by atoms with Crippen molar-refractivity contribution in [3.8, 4) is 11.4 Å². The molecule has 2 rings (SSSR count). The van der Waals surface area contributed by atoms with Crippen molar-refractivity contribution >= 4 is 29.7 Å². The zero-order valence-electron chi connectivity index (χ0n) is 17.5. The third-order valence-corrected chi connectivity index (χ3v) is 4.45. The number of thioether (sulfide) groups is 1. The van der Waals surface area contributed by atoms with Crippen molar-refractivity contribution in [2.45, 2.75) is 38.4 Å². The maximum atomic E-state index is 12.0. The van der Waals surface area contributed by atoms with Crippen LogP contribution in [0.4, 0.5) is 4.79 Å². The molecule has 11 heteroatoms. The fourth-order valence-electron chi connectivity index (χ4n) is 2.37. The number of benzene rings is 1. The van der Waals surface area contributed by atoms with Gasteiger partial charge in [0, 0.05) is 5.54 Å². The predicted octanol–water partition coefficient (Wildman–Crippen LogP) is 1.84. The van der Waals surface area contributed by atoms with Gasteiger partial charge in [-0.25, -0.2) is 4.79 Å². The van der Waals surface area contributed by atoms with Gasteiger partial charge in [-0.15, -0.1) is 10.2 Å². The molecule has 0 radical (unpaired) electrons. The Morgan fingerprint density at radius 3 is 2.53 bits per heavy atom. The number of nitrogens with one attached hydrogen (secondary N) is 2. The van der Waals surface area contributed by atoms with Crippen LogP contribution in [0.25, 0.3) is 5.69 Å². The van der Waals surface area contributed by atoms with Gasteiger partial charge in [-0.2, -0.15) is 0 Å². The van der Waals surface area contributed by atoms with Crippen molar-refractivity contribution in [2.75, 3.05) is 19.5 Å². The average molecular weight is 436 g/mol. The molecule has 0 fully saturated rings. The van der Waals surface area contributed by atoms with Crippen molar-refractivity contribution in [1.29, 1.82) is 0 Å². The van der Waals surface area contributed by atoms with E-state index >= 15 is 0 Å². The molecule has 0 saturated carbocycles. The van der Waals surface area contributed by atoms with Crippen LogP contribution in [-0.2, 0) is 14.3 Å². The Morgan fingerprint density at radius 1 is 1.17 bits per heavy atom. The molecule has 0 bridgehead atoms. The SMILES string of the molecule is COc1ccccc1-n1c(C)nnc1SCC(=O)OCC(=O)NC(=O)NC(C)(C)C. The number of ether oxygens (including phenoxy) is 2. The lowest BCUT2D eigenvalue weighted by atomic mass is 10.1. The van der Waals surface area contributed by atoms with Crippen molar-refractivity contribution in [3.05, 3.63) is 30.1 Å². The lowest BCUT2D eigenvalue weighted by Crippen LogP contribution is -2.49. The molecule has 0 saturated heterocycles. The summed E-state index contributed by atoms with van der Waals surface area (Å²) in [6.45, 7) is 6.56. The Kier molecular flexibility index (Phi) is 7.81. The number of hydrogen-bond acceptors (Lipinski definition) is 8. The van der Waals surface area contributed by atoms with Gasteiger partial charge in [0.1, 0.15) is 11.6 Å². The molecule has 162 valence electrons. The van der Waals surface area contributed by atoms with E-state index in [2.05, 4.69) is 20.8 Å². The first-order chi connectivity index (χ1) is 14.1. The fourth-order valence-corrected chi connectivity index (χ4v) is 3.16. The van der Waals surface area contributed by atoms with Gasteiger partial charge in [-0.05, 0) is 39.8 Å². The van der Waals surface area contributed by atoms with Crippen LogP contribution in [0.1, 0.15) is 26.6 Å². The number of methoxy groups -OCH3 is 1. The molecule has 30 heavy (non-hydrogen) atoms. The highest BCUT2D eigenvalue weighted by atomic mass is 32.2. The van der Waals surface area contributed by atoms with Crippen molar-refractivity contribution in [2.24, 2.45) is 0 Å². The van der Waals surface area contributed by atoms with Crippen LogP contribution in [-0.4, -0.2) is 57.7 Å². The maximum absolute atomic E-state index is 12.0. The van der Waals surface area contributed by atoms with Gasteiger partial charge in [-0.1, -0.05) is 23.9 Å². The number of carbonyl (C=O) groups excluding carboxylic acids is 3. The molecule has 3 amide bonds. The van der Waals surface area contributed by atoms with E-state index in [0.29, 0.717) is 16.7 Å². The zero-order chi connectivity index (χ0) is 22.3. The molecule has 1 aromatic heterocycles. The highest BCUT2D eigenvalue weighted by Crippen LogP contribution is 2.28. The van der Waals surface area contributed by atoms with E-state index in [9.17, 15) is 14.4 Å². The number of para-hydroxylation sites is 2. The summed E-state index contributed by atoms with van der Waals surface area (Å²) in [6.07, 6.45) is 0. The van der Waals surface area contributed by atoms with E-state index in [0.717, 1.165) is 17.4 Å². The van der Waals surface area contributed by atoms with Gasteiger partial charge in [0.2, 0.25) is 0 Å². The molecule has 10 nitrogen and oxygen atoms in total. The second-order valence-corrected chi connectivity index (χ2v) is 8.18. The average Bonchev–Trinajstić information content (AvgIpc) is 3.03. The molecule has 1 heterocycles. The Hall–Kier alpha value is -3.08. The highest BCUT2D eigenvalue weighted by Gasteiger charge is 2.18. The molecule has 0 spiro atoms. The molecule has 0 aliphatic rings. The number of urea groups is 1. The zero-order valence-corrected chi connectivity index (χ0v) is 18.3. The summed E-state index contributed by atoms with van der Waals surface area (Å²) in [4.78, 5) is 35.4. The quantitative estimate of drug-likeness (QED) is 0.499. The molecule has 0 atom stereocenters. The minimum atomic E-state index is -0.719. The first-order valence-electron chi connectivity index (χ1n) is 9.06. The van der Waals surface area contributed by atoms with E-state index in [-0.39, 0.29) is 5.75 Å². The van der Waals surface area contributed by atoms with E-state index in [1.807, 2.05) is 24.3 Å². The number of imide groups is 1. The normalized spacial score (nSPS) is 11.0. The molecule has 2 aromatic rings. The standard InChI is InChI=1S/C19H25N5O5S/c1-12-22-23-18(24(12)13-8-6-7-9-14(13)28-5)30-11-16(26)29-10-15(25)20-17(27)21-19(2,3)4/h6-9H,10-11H2,1-5H3,(H2,20,21,25,27). The maximum Gasteiger partial charge on any atom is 0.321 e. The van der Waals surface area contributed by atoms with Crippen molar-refractivity contribution < 1.29 is 23.9 Å². The molecule has 0 unspecified atom stereocenters. The third-order valence-electron chi connectivity index (χ3n) is 3.55. The predicted molar refractivity (Wildman–Crippen MR) is 111 cm³/mol. The lowest BCUT2D eigenvalue weighted by molar-refractivity contribution is -0.145. The second kappa shape index (κ2) is 10.1. The number of aryl methyl sites for hydroxylation is 1. The molecule has 2 N–H and O–H groups in total. The number of hydrogen-bond donors (Lipinski definition) is 2. The number of carbonyl (C=O) groups is 3. The van der Waals surface area contributed by atoms with Crippen LogP contribution < -0.4 is 15.4 Å². The fraction of sp³-hybridized carbons (Fsp3) is 0.421. The summed E-state index contributed by atoms with van der Waals surface area (Å²) in [6, 6.07) is 6.71. The Morgan fingerprint density at radius 2 is 1.87 bits per heavy atom. The van der Waals surface area contributed by atoms with Crippen LogP contribution in [0.5, 0.6) is 5.75 Å². The monoisotopic (exact) mass is 435 g/mol. The van der Waals surface area contributed by atoms with Crippen LogP contribution in [0.3, 0.4) is 0 Å². The summed E-state index contributed by atoms with van der Waals surface area (Å²) < 4.78 is 12.1. The lowest BCUT2D eigenvalue weighted by Gasteiger charge is -2.20. The minimum Gasteiger partial charge on any atom is -0.495 e. The summed E-state index contributed by atoms with van der Waals surface area (Å²) >= 11 is 1.11. The van der Waals surface area contributed by atoms with Crippen LogP contribution in [0, 0.1) is 6.92 Å². The summed E-state index contributed by atoms with van der Waals surface area (Å²) in [5.41, 5.74) is 0.246. The van der Waals surface area contributed by atoms with Crippen molar-refractivity contribution in [1.82, 2.24) is 25.4 Å². The number of aromatic nitrogens is 3. The third kappa shape index (κ3) is 6.76. The van der Waals surface area contributed by atoms with Crippen LogP contribution in [0.15, 0.2) is 29.4 Å². The number of esters is 1. The number of amides is 3.